The molecule has 0 bridgehead atoms. The van der Waals surface area contributed by atoms with E-state index >= 15 is 0 Å². The summed E-state index contributed by atoms with van der Waals surface area (Å²) in [6.07, 6.45) is 6.16. The molecule has 0 fully saturated rings. The molecule has 1 aromatic carbocycles. The Balaban J connectivity index is 2.31. The number of H-pyrrole nitrogens is 1. The molecule has 1 N–H and O–H groups in total. The van der Waals surface area contributed by atoms with Crippen LogP contribution in [0.3, 0.4) is 0 Å². The number of carbonyl (C=O) groups excluding carboxylic acids is 1. The Morgan fingerprint density at radius 3 is 2.88 bits per heavy atom. The number of benzene rings is 1. The van der Waals surface area contributed by atoms with E-state index in [4.69, 9.17) is 0 Å². The minimum absolute atomic E-state index is 0.686. The molecule has 3 rings (SSSR count). The number of aldehydes is 1. The Labute approximate surface area is 98.1 Å². The molecule has 2 aromatic heterocycles. The van der Waals surface area contributed by atoms with E-state index in [-0.39, 0.29) is 0 Å². The third-order valence-corrected chi connectivity index (χ3v) is 2.85. The van der Waals surface area contributed by atoms with E-state index < -0.39 is 0 Å². The first-order valence-electron chi connectivity index (χ1n) is 5.36. The molecule has 2 heterocycles. The Hall–Kier alpha value is -2.42. The Morgan fingerprint density at radius 1 is 1.18 bits per heavy atom. The number of rotatable bonds is 2. The standard InChI is InChI=1S/C14H10N2O/c17-9-11-8-16-14-12(4-1-5-13(11)14)10-3-2-6-15-7-10/h1-9,16H. The van der Waals surface area contributed by atoms with E-state index in [1.54, 1.807) is 12.4 Å². The number of nitrogens with one attached hydrogen (secondary N) is 1. The van der Waals surface area contributed by atoms with Crippen molar-refractivity contribution in [2.45, 2.75) is 0 Å². The number of fused-ring (bicyclic) bond motifs is 1. The molecule has 3 aromatic rings. The van der Waals surface area contributed by atoms with Crippen LogP contribution in [-0.2, 0) is 0 Å². The van der Waals surface area contributed by atoms with E-state index in [9.17, 15) is 4.79 Å². The number of hydrogen-bond acceptors (Lipinski definition) is 2. The van der Waals surface area contributed by atoms with Crippen molar-refractivity contribution in [2.75, 3.05) is 0 Å². The summed E-state index contributed by atoms with van der Waals surface area (Å²) in [4.78, 5) is 18.2. The zero-order chi connectivity index (χ0) is 11.7. The summed E-state index contributed by atoms with van der Waals surface area (Å²) in [6, 6.07) is 9.81. The summed E-state index contributed by atoms with van der Waals surface area (Å²) in [5, 5.41) is 0.946. The van der Waals surface area contributed by atoms with Crippen LogP contribution in [0.15, 0.2) is 48.9 Å². The van der Waals surface area contributed by atoms with E-state index in [2.05, 4.69) is 9.97 Å². The highest BCUT2D eigenvalue weighted by Gasteiger charge is 2.07. The lowest BCUT2D eigenvalue weighted by Crippen LogP contribution is -1.82. The molecular formula is C14H10N2O. The van der Waals surface area contributed by atoms with Gasteiger partial charge in [0, 0.05) is 40.7 Å². The van der Waals surface area contributed by atoms with E-state index in [0.29, 0.717) is 5.56 Å². The van der Waals surface area contributed by atoms with Gasteiger partial charge in [0.15, 0.2) is 6.29 Å². The van der Waals surface area contributed by atoms with Crippen LogP contribution in [-0.4, -0.2) is 16.3 Å². The van der Waals surface area contributed by atoms with Crippen molar-refractivity contribution in [3.05, 3.63) is 54.5 Å². The maximum Gasteiger partial charge on any atom is 0.152 e. The highest BCUT2D eigenvalue weighted by atomic mass is 16.1. The fourth-order valence-corrected chi connectivity index (χ4v) is 2.04. The van der Waals surface area contributed by atoms with Gasteiger partial charge in [0.25, 0.3) is 0 Å². The second-order valence-corrected chi connectivity index (χ2v) is 3.83. The topological polar surface area (TPSA) is 45.8 Å². The molecule has 0 radical (unpaired) electrons. The van der Waals surface area contributed by atoms with Crippen molar-refractivity contribution < 1.29 is 4.79 Å². The van der Waals surface area contributed by atoms with Gasteiger partial charge < -0.3 is 4.98 Å². The Kier molecular flexibility index (Phi) is 2.22. The van der Waals surface area contributed by atoms with Crippen LogP contribution in [0, 0.1) is 0 Å². The van der Waals surface area contributed by atoms with E-state index in [0.717, 1.165) is 28.3 Å². The number of aromatic nitrogens is 2. The maximum atomic E-state index is 10.9. The molecule has 0 aliphatic carbocycles. The van der Waals surface area contributed by atoms with Crippen LogP contribution >= 0.6 is 0 Å². The fraction of sp³-hybridized carbons (Fsp3) is 0. The number of pyridine rings is 1. The molecule has 82 valence electrons. The van der Waals surface area contributed by atoms with Crippen molar-refractivity contribution in [3.8, 4) is 11.1 Å². The molecule has 17 heavy (non-hydrogen) atoms. The Morgan fingerprint density at radius 2 is 2.12 bits per heavy atom. The Bertz CT molecular complexity index is 671. The zero-order valence-corrected chi connectivity index (χ0v) is 9.05. The molecule has 0 saturated carbocycles. The van der Waals surface area contributed by atoms with Gasteiger partial charge in [-0.05, 0) is 6.07 Å². The summed E-state index contributed by atoms with van der Waals surface area (Å²) < 4.78 is 0. The normalized spacial score (nSPS) is 10.6. The number of para-hydroxylation sites is 1. The van der Waals surface area contributed by atoms with Crippen LogP contribution in [0.2, 0.25) is 0 Å². The molecular weight excluding hydrogens is 212 g/mol. The SMILES string of the molecule is O=Cc1c[nH]c2c(-c3cccnc3)cccc12. The summed E-state index contributed by atoms with van der Waals surface area (Å²) >= 11 is 0. The predicted molar refractivity (Wildman–Crippen MR) is 66.9 cm³/mol. The molecule has 3 heteroatoms. The molecule has 0 spiro atoms. The summed E-state index contributed by atoms with van der Waals surface area (Å²) in [7, 11) is 0. The lowest BCUT2D eigenvalue weighted by atomic mass is 10.0. The second kappa shape index (κ2) is 3.87. The van der Waals surface area contributed by atoms with Crippen molar-refractivity contribution in [2.24, 2.45) is 0 Å². The minimum atomic E-state index is 0.686. The van der Waals surface area contributed by atoms with E-state index in [1.807, 2.05) is 36.5 Å². The van der Waals surface area contributed by atoms with Gasteiger partial charge in [0.2, 0.25) is 0 Å². The van der Waals surface area contributed by atoms with Crippen molar-refractivity contribution in [3.63, 3.8) is 0 Å². The number of hydrogen-bond donors (Lipinski definition) is 1. The average Bonchev–Trinajstić information content (AvgIpc) is 2.82. The van der Waals surface area contributed by atoms with Crippen LogP contribution in [0.5, 0.6) is 0 Å². The fourth-order valence-electron chi connectivity index (χ4n) is 2.04. The summed E-state index contributed by atoms with van der Waals surface area (Å²) in [5.74, 6) is 0. The van der Waals surface area contributed by atoms with Gasteiger partial charge in [-0.2, -0.15) is 0 Å². The van der Waals surface area contributed by atoms with Crippen molar-refractivity contribution >= 4 is 17.2 Å². The lowest BCUT2D eigenvalue weighted by Gasteiger charge is -2.02. The molecule has 0 unspecified atom stereocenters. The molecule has 0 amide bonds. The van der Waals surface area contributed by atoms with Gasteiger partial charge in [-0.3, -0.25) is 9.78 Å². The minimum Gasteiger partial charge on any atom is -0.360 e. The molecule has 0 aliphatic heterocycles. The van der Waals surface area contributed by atoms with Gasteiger partial charge in [-0.15, -0.1) is 0 Å². The van der Waals surface area contributed by atoms with Crippen LogP contribution in [0.1, 0.15) is 10.4 Å². The first kappa shape index (κ1) is 9.78. The molecule has 0 atom stereocenters. The van der Waals surface area contributed by atoms with Gasteiger partial charge in [-0.25, -0.2) is 0 Å². The van der Waals surface area contributed by atoms with Gasteiger partial charge in [-0.1, -0.05) is 24.3 Å². The monoisotopic (exact) mass is 222 g/mol. The van der Waals surface area contributed by atoms with Crippen LogP contribution in [0.25, 0.3) is 22.0 Å². The van der Waals surface area contributed by atoms with E-state index in [1.165, 1.54) is 0 Å². The first-order chi connectivity index (χ1) is 8.40. The largest absolute Gasteiger partial charge is 0.360 e. The van der Waals surface area contributed by atoms with Crippen molar-refractivity contribution in [1.82, 2.24) is 9.97 Å². The predicted octanol–water partition coefficient (Wildman–Crippen LogP) is 3.04. The lowest BCUT2D eigenvalue weighted by molar-refractivity contribution is 0.112. The second-order valence-electron chi connectivity index (χ2n) is 3.83. The molecule has 0 aliphatic rings. The number of carbonyl (C=O) groups is 1. The van der Waals surface area contributed by atoms with Crippen LogP contribution < -0.4 is 0 Å². The number of aromatic amines is 1. The maximum absolute atomic E-state index is 10.9. The van der Waals surface area contributed by atoms with Crippen LogP contribution in [0.4, 0.5) is 0 Å². The summed E-state index contributed by atoms with van der Waals surface area (Å²) in [5.41, 5.74) is 3.76. The third-order valence-electron chi connectivity index (χ3n) is 2.85. The van der Waals surface area contributed by atoms with Gasteiger partial charge in [0.05, 0.1) is 5.52 Å². The molecule has 0 saturated heterocycles. The zero-order valence-electron chi connectivity index (χ0n) is 9.05. The van der Waals surface area contributed by atoms with Gasteiger partial charge in [0.1, 0.15) is 0 Å². The summed E-state index contributed by atoms with van der Waals surface area (Å²) in [6.45, 7) is 0. The molecule has 3 nitrogen and oxygen atoms in total. The number of nitrogens with zero attached hydrogens (tertiary/aromatic N) is 1. The highest BCUT2D eigenvalue weighted by molar-refractivity contribution is 6.03. The smallest absolute Gasteiger partial charge is 0.152 e. The third kappa shape index (κ3) is 1.52. The van der Waals surface area contributed by atoms with Gasteiger partial charge >= 0.3 is 0 Å². The average molecular weight is 222 g/mol. The first-order valence-corrected chi connectivity index (χ1v) is 5.36. The quantitative estimate of drug-likeness (QED) is 0.677. The van der Waals surface area contributed by atoms with Crippen molar-refractivity contribution in [1.29, 1.82) is 0 Å². The highest BCUT2D eigenvalue weighted by Crippen LogP contribution is 2.28.